The van der Waals surface area contributed by atoms with Gasteiger partial charge in [0.1, 0.15) is 10.7 Å². The van der Waals surface area contributed by atoms with Crippen molar-refractivity contribution in [3.63, 3.8) is 0 Å². The van der Waals surface area contributed by atoms with Gasteiger partial charge in [-0.1, -0.05) is 6.08 Å². The molecule has 0 spiro atoms. The maximum absolute atomic E-state index is 13.3. The van der Waals surface area contributed by atoms with Crippen LogP contribution in [0.5, 0.6) is 0 Å². The van der Waals surface area contributed by atoms with Crippen LogP contribution >= 0.6 is 0 Å². The van der Waals surface area contributed by atoms with Gasteiger partial charge >= 0.3 is 0 Å². The average molecular weight is 408 g/mol. The van der Waals surface area contributed by atoms with Crippen molar-refractivity contribution in [1.29, 1.82) is 0 Å². The molecule has 1 fully saturated rings. The number of benzene rings is 1. The number of hydrogen-bond donors (Lipinski definition) is 2. The lowest BCUT2D eigenvalue weighted by Gasteiger charge is -2.31. The van der Waals surface area contributed by atoms with Crippen molar-refractivity contribution in [2.75, 3.05) is 29.7 Å². The van der Waals surface area contributed by atoms with E-state index in [1.165, 1.54) is 12.3 Å². The van der Waals surface area contributed by atoms with Crippen LogP contribution in [0.1, 0.15) is 12.8 Å². The number of anilines is 2. The number of piperidine rings is 1. The molecule has 3 rings (SSSR count). The fourth-order valence-corrected chi connectivity index (χ4v) is 4.04. The van der Waals surface area contributed by atoms with Crippen molar-refractivity contribution in [1.82, 2.24) is 9.88 Å². The second-order valence-electron chi connectivity index (χ2n) is 6.62. The highest BCUT2D eigenvalue weighted by Gasteiger charge is 2.19. The number of nitrogens with one attached hydrogen (secondary N) is 2. The van der Waals surface area contributed by atoms with Gasteiger partial charge in [-0.3, -0.25) is 9.62 Å². The van der Waals surface area contributed by atoms with Crippen LogP contribution < -0.4 is 10.0 Å². The van der Waals surface area contributed by atoms with Crippen molar-refractivity contribution >= 4 is 21.5 Å². The summed E-state index contributed by atoms with van der Waals surface area (Å²) in [6, 6.07) is 6.09. The van der Waals surface area contributed by atoms with Crippen LogP contribution in [0.25, 0.3) is 0 Å². The molecule has 1 aliphatic heterocycles. The molecule has 2 heterocycles. The molecule has 1 aromatic heterocycles. The Morgan fingerprint density at radius 3 is 2.54 bits per heavy atom. The molecule has 150 valence electrons. The van der Waals surface area contributed by atoms with Gasteiger partial charge in [-0.15, -0.1) is 6.58 Å². The summed E-state index contributed by atoms with van der Waals surface area (Å²) in [5.41, 5.74) is -0.0626. The third kappa shape index (κ3) is 5.05. The molecule has 0 amide bonds. The molecule has 6 nitrogen and oxygen atoms in total. The molecule has 1 aromatic carbocycles. The summed E-state index contributed by atoms with van der Waals surface area (Å²) in [5.74, 6) is -1.58. The van der Waals surface area contributed by atoms with Crippen molar-refractivity contribution in [2.24, 2.45) is 0 Å². The number of nitrogens with zero attached hydrogens (tertiary/aromatic N) is 2. The standard InChI is InChI=1S/C19H22F2N4O2S/c1-2-9-25-10-7-14(8-11-25)23-19-6-4-16(13-22-19)28(26,27)24-15-3-5-17(20)18(21)12-15/h2-6,12-14,24H,1,7-11H2,(H,22,23). The van der Waals surface area contributed by atoms with Gasteiger partial charge in [0.25, 0.3) is 10.0 Å². The smallest absolute Gasteiger partial charge is 0.263 e. The molecule has 0 bridgehead atoms. The quantitative estimate of drug-likeness (QED) is 0.688. The molecule has 0 atom stereocenters. The first-order valence-corrected chi connectivity index (χ1v) is 10.4. The van der Waals surface area contributed by atoms with Gasteiger partial charge in [0.15, 0.2) is 11.6 Å². The zero-order valence-electron chi connectivity index (χ0n) is 15.2. The minimum absolute atomic E-state index is 0.0626. The normalized spacial score (nSPS) is 15.9. The number of sulfonamides is 1. The van der Waals surface area contributed by atoms with Gasteiger partial charge in [0, 0.05) is 37.9 Å². The predicted octanol–water partition coefficient (Wildman–Crippen LogP) is 3.22. The molecule has 2 N–H and O–H groups in total. The van der Waals surface area contributed by atoms with Crippen LogP contribution in [-0.4, -0.2) is 44.0 Å². The maximum Gasteiger partial charge on any atom is 0.263 e. The fraction of sp³-hybridized carbons (Fsp3) is 0.316. The Balaban J connectivity index is 1.61. The van der Waals surface area contributed by atoms with Crippen LogP contribution in [0.3, 0.4) is 0 Å². The highest BCUT2D eigenvalue weighted by Crippen LogP contribution is 2.20. The fourth-order valence-electron chi connectivity index (χ4n) is 3.05. The number of pyridine rings is 1. The summed E-state index contributed by atoms with van der Waals surface area (Å²) < 4.78 is 53.2. The summed E-state index contributed by atoms with van der Waals surface area (Å²) in [6.45, 7) is 6.56. The van der Waals surface area contributed by atoms with Gasteiger partial charge in [-0.05, 0) is 37.1 Å². The van der Waals surface area contributed by atoms with Crippen molar-refractivity contribution < 1.29 is 17.2 Å². The van der Waals surface area contributed by atoms with E-state index in [1.807, 2.05) is 6.08 Å². The maximum atomic E-state index is 13.3. The van der Waals surface area contributed by atoms with Crippen molar-refractivity contribution in [2.45, 2.75) is 23.8 Å². The number of hydrogen-bond acceptors (Lipinski definition) is 5. The molecule has 28 heavy (non-hydrogen) atoms. The largest absolute Gasteiger partial charge is 0.367 e. The number of aromatic nitrogens is 1. The Bertz CT molecular complexity index is 927. The second-order valence-corrected chi connectivity index (χ2v) is 8.30. The van der Waals surface area contributed by atoms with E-state index in [2.05, 4.69) is 26.5 Å². The van der Waals surface area contributed by atoms with E-state index in [0.717, 1.165) is 50.7 Å². The van der Waals surface area contributed by atoms with Crippen LogP contribution in [0.4, 0.5) is 20.3 Å². The van der Waals surface area contributed by atoms with E-state index < -0.39 is 21.7 Å². The lowest BCUT2D eigenvalue weighted by molar-refractivity contribution is 0.240. The molecule has 1 saturated heterocycles. The molecule has 2 aromatic rings. The van der Waals surface area contributed by atoms with Gasteiger partial charge in [-0.2, -0.15) is 0 Å². The first-order valence-electron chi connectivity index (χ1n) is 8.91. The van der Waals surface area contributed by atoms with Gasteiger partial charge in [-0.25, -0.2) is 22.2 Å². The van der Waals surface area contributed by atoms with E-state index in [9.17, 15) is 17.2 Å². The van der Waals surface area contributed by atoms with Gasteiger partial charge in [0.05, 0.1) is 5.69 Å². The van der Waals surface area contributed by atoms with Crippen LogP contribution in [0, 0.1) is 11.6 Å². The number of likely N-dealkylation sites (tertiary alicyclic amines) is 1. The second kappa shape index (κ2) is 8.66. The van der Waals surface area contributed by atoms with Crippen molar-refractivity contribution in [3.05, 3.63) is 60.8 Å². The van der Waals surface area contributed by atoms with Crippen LogP contribution in [0.2, 0.25) is 0 Å². The molecule has 0 radical (unpaired) electrons. The third-order valence-corrected chi connectivity index (χ3v) is 5.91. The Morgan fingerprint density at radius 2 is 1.93 bits per heavy atom. The lowest BCUT2D eigenvalue weighted by Crippen LogP contribution is -2.39. The Labute approximate surface area is 163 Å². The van der Waals surface area contributed by atoms with Crippen LogP contribution in [0.15, 0.2) is 54.1 Å². The summed E-state index contributed by atoms with van der Waals surface area (Å²) >= 11 is 0. The van der Waals surface area contributed by atoms with Gasteiger partial charge < -0.3 is 5.32 Å². The lowest BCUT2D eigenvalue weighted by atomic mass is 10.1. The minimum atomic E-state index is -3.95. The Kier molecular flexibility index (Phi) is 6.25. The van der Waals surface area contributed by atoms with E-state index in [1.54, 1.807) is 6.07 Å². The first-order chi connectivity index (χ1) is 13.4. The van der Waals surface area contributed by atoms with E-state index in [4.69, 9.17) is 0 Å². The Hall–Kier alpha value is -2.52. The van der Waals surface area contributed by atoms with Crippen molar-refractivity contribution in [3.8, 4) is 0 Å². The number of rotatable bonds is 7. The summed E-state index contributed by atoms with van der Waals surface area (Å²) in [7, 11) is -3.95. The highest BCUT2D eigenvalue weighted by molar-refractivity contribution is 7.92. The highest BCUT2D eigenvalue weighted by atomic mass is 32.2. The molecule has 0 saturated carbocycles. The van der Waals surface area contributed by atoms with E-state index in [0.29, 0.717) is 5.82 Å². The molecule has 1 aliphatic rings. The average Bonchev–Trinajstić information content (AvgIpc) is 2.67. The molecule has 9 heteroatoms. The Morgan fingerprint density at radius 1 is 1.18 bits per heavy atom. The molecule has 0 aliphatic carbocycles. The third-order valence-electron chi connectivity index (χ3n) is 4.55. The molecule has 0 unspecified atom stereocenters. The van der Waals surface area contributed by atoms with E-state index in [-0.39, 0.29) is 16.6 Å². The number of halogens is 2. The zero-order valence-corrected chi connectivity index (χ0v) is 16.1. The topological polar surface area (TPSA) is 74.3 Å². The summed E-state index contributed by atoms with van der Waals surface area (Å²) in [4.78, 5) is 6.43. The monoisotopic (exact) mass is 408 g/mol. The molecular weight excluding hydrogens is 386 g/mol. The zero-order chi connectivity index (χ0) is 20.1. The van der Waals surface area contributed by atoms with Crippen LogP contribution in [-0.2, 0) is 10.0 Å². The molecular formula is C19H22F2N4O2S. The summed E-state index contributed by atoms with van der Waals surface area (Å²) in [6.07, 6.45) is 5.06. The van der Waals surface area contributed by atoms with Gasteiger partial charge in [0.2, 0.25) is 0 Å². The first kappa shape index (κ1) is 20.2. The predicted molar refractivity (Wildman–Crippen MR) is 105 cm³/mol. The van der Waals surface area contributed by atoms with E-state index >= 15 is 0 Å². The SMILES string of the molecule is C=CCN1CCC(Nc2ccc(S(=O)(=O)Nc3ccc(F)c(F)c3)cn2)CC1. The summed E-state index contributed by atoms with van der Waals surface area (Å²) in [5, 5.41) is 3.32. The minimum Gasteiger partial charge on any atom is -0.367 e.